The van der Waals surface area contributed by atoms with Crippen molar-refractivity contribution in [2.45, 2.75) is 12.5 Å². The summed E-state index contributed by atoms with van der Waals surface area (Å²) in [6, 6.07) is 12.6. The van der Waals surface area contributed by atoms with Gasteiger partial charge in [0.25, 0.3) is 5.91 Å². The Kier molecular flexibility index (Phi) is 4.68. The molecule has 0 saturated carbocycles. The van der Waals surface area contributed by atoms with E-state index in [1.807, 2.05) is 30.3 Å². The van der Waals surface area contributed by atoms with Crippen LogP contribution in [-0.4, -0.2) is 34.9 Å². The van der Waals surface area contributed by atoms with Crippen molar-refractivity contribution in [1.82, 2.24) is 10.3 Å². The zero-order valence-corrected chi connectivity index (χ0v) is 10.9. The van der Waals surface area contributed by atoms with E-state index in [2.05, 4.69) is 10.3 Å². The van der Waals surface area contributed by atoms with Crippen molar-refractivity contribution >= 4 is 12.2 Å². The van der Waals surface area contributed by atoms with Crippen molar-refractivity contribution in [2.24, 2.45) is 0 Å². The highest BCUT2D eigenvalue weighted by Crippen LogP contribution is 2.03. The number of aliphatic hydroxyl groups excluding tert-OH is 1. The van der Waals surface area contributed by atoms with E-state index in [0.29, 0.717) is 24.1 Å². The van der Waals surface area contributed by atoms with Gasteiger partial charge in [0, 0.05) is 13.0 Å². The van der Waals surface area contributed by atoms with Gasteiger partial charge in [0.05, 0.1) is 11.8 Å². The maximum atomic E-state index is 11.8. The average Bonchev–Trinajstić information content (AvgIpc) is 2.95. The van der Waals surface area contributed by atoms with Crippen molar-refractivity contribution in [3.8, 4) is 0 Å². The van der Waals surface area contributed by atoms with Crippen LogP contribution in [0.15, 0.2) is 42.5 Å². The van der Waals surface area contributed by atoms with E-state index in [1.165, 1.54) is 12.1 Å². The fourth-order valence-electron chi connectivity index (χ4n) is 1.88. The van der Waals surface area contributed by atoms with Gasteiger partial charge in [-0.2, -0.15) is 0 Å². The number of carbonyl (C=O) groups excluding carboxylic acids is 2. The first-order valence-electron chi connectivity index (χ1n) is 6.33. The molecular formula is C15H16N2O3. The smallest absolute Gasteiger partial charge is 0.267 e. The van der Waals surface area contributed by atoms with Crippen LogP contribution in [-0.2, 0) is 6.42 Å². The number of aromatic amines is 1. The summed E-state index contributed by atoms with van der Waals surface area (Å²) in [5, 5.41) is 12.5. The van der Waals surface area contributed by atoms with Gasteiger partial charge in [0.1, 0.15) is 5.69 Å². The topological polar surface area (TPSA) is 82.2 Å². The van der Waals surface area contributed by atoms with Crippen LogP contribution in [0.5, 0.6) is 0 Å². The third-order valence-electron chi connectivity index (χ3n) is 2.89. The molecule has 20 heavy (non-hydrogen) atoms. The predicted octanol–water partition coefficient (Wildman–Crippen LogP) is 1.16. The Labute approximate surface area is 116 Å². The molecule has 0 spiro atoms. The number of amides is 1. The van der Waals surface area contributed by atoms with Crippen LogP contribution in [0, 0.1) is 0 Å². The molecule has 0 bridgehead atoms. The molecule has 5 nitrogen and oxygen atoms in total. The van der Waals surface area contributed by atoms with Gasteiger partial charge in [-0.25, -0.2) is 0 Å². The Bertz CT molecular complexity index is 578. The summed E-state index contributed by atoms with van der Waals surface area (Å²) >= 11 is 0. The second-order valence-electron chi connectivity index (χ2n) is 4.50. The number of H-pyrrole nitrogens is 1. The molecule has 5 heteroatoms. The van der Waals surface area contributed by atoms with Crippen molar-refractivity contribution in [1.29, 1.82) is 0 Å². The lowest BCUT2D eigenvalue weighted by Crippen LogP contribution is -2.33. The molecule has 1 amide bonds. The molecule has 2 rings (SSSR count). The largest absolute Gasteiger partial charge is 0.391 e. The molecular weight excluding hydrogens is 256 g/mol. The van der Waals surface area contributed by atoms with Gasteiger partial charge in [0.15, 0.2) is 6.29 Å². The Morgan fingerprint density at radius 3 is 2.65 bits per heavy atom. The lowest BCUT2D eigenvalue weighted by atomic mass is 10.1. The van der Waals surface area contributed by atoms with Gasteiger partial charge in [0.2, 0.25) is 0 Å². The summed E-state index contributed by atoms with van der Waals surface area (Å²) < 4.78 is 0. The normalized spacial score (nSPS) is 11.8. The molecule has 1 unspecified atom stereocenters. The molecule has 0 fully saturated rings. The van der Waals surface area contributed by atoms with Crippen molar-refractivity contribution in [2.75, 3.05) is 6.54 Å². The number of rotatable bonds is 6. The first kappa shape index (κ1) is 14.0. The van der Waals surface area contributed by atoms with E-state index in [4.69, 9.17) is 0 Å². The van der Waals surface area contributed by atoms with Crippen LogP contribution in [0.3, 0.4) is 0 Å². The summed E-state index contributed by atoms with van der Waals surface area (Å²) in [7, 11) is 0. The summed E-state index contributed by atoms with van der Waals surface area (Å²) in [5.74, 6) is -0.342. The first-order chi connectivity index (χ1) is 9.69. The molecule has 0 saturated heterocycles. The van der Waals surface area contributed by atoms with Crippen molar-refractivity contribution in [3.05, 3.63) is 59.4 Å². The molecule has 1 aromatic heterocycles. The van der Waals surface area contributed by atoms with E-state index in [0.717, 1.165) is 5.56 Å². The van der Waals surface area contributed by atoms with Gasteiger partial charge in [-0.15, -0.1) is 0 Å². The highest BCUT2D eigenvalue weighted by atomic mass is 16.3. The van der Waals surface area contributed by atoms with Gasteiger partial charge in [-0.1, -0.05) is 30.3 Å². The SMILES string of the molecule is O=Cc1ccc(C(=O)NCC(O)Cc2ccccc2)[nH]1. The second kappa shape index (κ2) is 6.68. The number of aromatic nitrogens is 1. The minimum absolute atomic E-state index is 0.156. The number of hydrogen-bond donors (Lipinski definition) is 3. The van der Waals surface area contributed by atoms with Crippen LogP contribution in [0.1, 0.15) is 26.5 Å². The molecule has 0 aliphatic carbocycles. The maximum Gasteiger partial charge on any atom is 0.267 e. The average molecular weight is 272 g/mol. The summed E-state index contributed by atoms with van der Waals surface area (Å²) in [4.78, 5) is 24.9. The van der Waals surface area contributed by atoms with Crippen molar-refractivity contribution in [3.63, 3.8) is 0 Å². The monoisotopic (exact) mass is 272 g/mol. The van der Waals surface area contributed by atoms with Gasteiger partial charge >= 0.3 is 0 Å². The Morgan fingerprint density at radius 2 is 2.00 bits per heavy atom. The fourth-order valence-corrected chi connectivity index (χ4v) is 1.88. The highest BCUT2D eigenvalue weighted by Gasteiger charge is 2.11. The molecule has 1 aromatic carbocycles. The molecule has 3 N–H and O–H groups in total. The van der Waals surface area contributed by atoms with Crippen LogP contribution >= 0.6 is 0 Å². The zero-order valence-electron chi connectivity index (χ0n) is 10.9. The molecule has 2 aromatic rings. The Balaban J connectivity index is 1.82. The van der Waals surface area contributed by atoms with Crippen LogP contribution in [0.2, 0.25) is 0 Å². The molecule has 104 valence electrons. The quantitative estimate of drug-likeness (QED) is 0.690. The minimum Gasteiger partial charge on any atom is -0.391 e. The number of aldehydes is 1. The molecule has 1 atom stereocenters. The van der Waals surface area contributed by atoms with Crippen molar-refractivity contribution < 1.29 is 14.7 Å². The number of benzene rings is 1. The summed E-state index contributed by atoms with van der Waals surface area (Å²) in [5.41, 5.74) is 1.66. The van der Waals surface area contributed by atoms with Gasteiger partial charge in [-0.3, -0.25) is 9.59 Å². The lowest BCUT2D eigenvalue weighted by molar-refractivity contribution is 0.0911. The predicted molar refractivity (Wildman–Crippen MR) is 74.7 cm³/mol. The Hall–Kier alpha value is -2.40. The molecule has 0 radical (unpaired) electrons. The van der Waals surface area contributed by atoms with Gasteiger partial charge < -0.3 is 15.4 Å². The fraction of sp³-hybridized carbons (Fsp3) is 0.200. The molecule has 1 heterocycles. The Morgan fingerprint density at radius 1 is 1.25 bits per heavy atom. The first-order valence-corrected chi connectivity index (χ1v) is 6.33. The third-order valence-corrected chi connectivity index (χ3v) is 2.89. The van der Waals surface area contributed by atoms with E-state index >= 15 is 0 Å². The maximum absolute atomic E-state index is 11.8. The standard InChI is InChI=1S/C15H16N2O3/c18-10-12-6-7-14(17-12)15(20)16-9-13(19)8-11-4-2-1-3-5-11/h1-7,10,13,17,19H,8-9H2,(H,16,20). The third kappa shape index (κ3) is 3.80. The molecule has 0 aliphatic heterocycles. The van der Waals surface area contributed by atoms with E-state index < -0.39 is 6.10 Å². The number of hydrogen-bond acceptors (Lipinski definition) is 3. The van der Waals surface area contributed by atoms with E-state index in [9.17, 15) is 14.7 Å². The summed E-state index contributed by atoms with van der Waals surface area (Å²) in [6.07, 6.45) is 0.466. The minimum atomic E-state index is -0.651. The lowest BCUT2D eigenvalue weighted by Gasteiger charge is -2.11. The van der Waals surface area contributed by atoms with Crippen LogP contribution < -0.4 is 5.32 Å². The van der Waals surface area contributed by atoms with Crippen LogP contribution in [0.25, 0.3) is 0 Å². The highest BCUT2D eigenvalue weighted by molar-refractivity contribution is 5.93. The number of aliphatic hydroxyl groups is 1. The molecule has 0 aliphatic rings. The zero-order chi connectivity index (χ0) is 14.4. The van der Waals surface area contributed by atoms with Gasteiger partial charge in [-0.05, 0) is 17.7 Å². The van der Waals surface area contributed by atoms with E-state index in [1.54, 1.807) is 0 Å². The van der Waals surface area contributed by atoms with E-state index in [-0.39, 0.29) is 12.5 Å². The van der Waals surface area contributed by atoms with Crippen LogP contribution in [0.4, 0.5) is 0 Å². The summed E-state index contributed by atoms with van der Waals surface area (Å²) in [6.45, 7) is 0.156. The second-order valence-corrected chi connectivity index (χ2v) is 4.50. The number of carbonyl (C=O) groups is 2. The number of nitrogens with one attached hydrogen (secondary N) is 2.